The molecule has 0 aliphatic carbocycles. The summed E-state index contributed by atoms with van der Waals surface area (Å²) in [5.74, 6) is -2.22. The van der Waals surface area contributed by atoms with Gasteiger partial charge in [0, 0.05) is 4.90 Å². The fourth-order valence-electron chi connectivity index (χ4n) is 1.72. The van der Waals surface area contributed by atoms with Gasteiger partial charge in [-0.2, -0.15) is 0 Å². The van der Waals surface area contributed by atoms with Crippen molar-refractivity contribution >= 4 is 35.2 Å². The van der Waals surface area contributed by atoms with E-state index in [9.17, 15) is 14.4 Å². The third-order valence-electron chi connectivity index (χ3n) is 2.49. The number of nitrogens with two attached hydrogens (primary N) is 1. The molecule has 1 aromatic carbocycles. The second-order valence-corrected chi connectivity index (χ2v) is 5.10. The molecule has 2 amide bonds. The van der Waals surface area contributed by atoms with Crippen LogP contribution < -0.4 is 11.1 Å². The average molecular weight is 311 g/mol. The monoisotopic (exact) mass is 311 g/mol. The highest BCUT2D eigenvalue weighted by Crippen LogP contribution is 2.24. The zero-order valence-electron chi connectivity index (χ0n) is 11.5. The molecule has 21 heavy (non-hydrogen) atoms. The average Bonchev–Trinajstić information content (AvgIpc) is 2.37. The Morgan fingerprint density at radius 1 is 1.24 bits per heavy atom. The Morgan fingerprint density at radius 2 is 1.90 bits per heavy atom. The quantitative estimate of drug-likeness (QED) is 0.592. The molecule has 0 spiro atoms. The number of hydrogen-bond donors (Lipinski definition) is 3. The van der Waals surface area contributed by atoms with E-state index in [1.807, 2.05) is 18.4 Å². The molecule has 0 aliphatic heterocycles. The molecule has 1 rings (SSSR count). The van der Waals surface area contributed by atoms with Gasteiger partial charge in [-0.25, -0.2) is 0 Å². The number of carbonyl (C=O) groups excluding carboxylic acids is 2. The first-order valence-corrected chi connectivity index (χ1v) is 7.30. The highest BCUT2D eigenvalue weighted by Gasteiger charge is 2.16. The summed E-state index contributed by atoms with van der Waals surface area (Å²) in [5, 5.41) is 11.4. The van der Waals surface area contributed by atoms with Gasteiger partial charge in [0.1, 0.15) is 0 Å². The van der Waals surface area contributed by atoms with E-state index in [1.54, 1.807) is 12.1 Å². The number of carboxylic acids is 1. The van der Waals surface area contributed by atoms with Crippen LogP contribution in [0.4, 0.5) is 5.69 Å². The van der Waals surface area contributed by atoms with Gasteiger partial charge in [0.15, 0.2) is 0 Å². The first-order chi connectivity index (χ1) is 9.92. The van der Waals surface area contributed by atoms with Crippen molar-refractivity contribution in [2.75, 3.05) is 31.2 Å². The molecule has 0 aliphatic rings. The smallest absolute Gasteiger partial charge is 0.317 e. The number of thioether (sulfide) groups is 1. The molecule has 0 saturated heterocycles. The summed E-state index contributed by atoms with van der Waals surface area (Å²) in [4.78, 5) is 35.6. The van der Waals surface area contributed by atoms with Crippen LogP contribution in [0.3, 0.4) is 0 Å². The Morgan fingerprint density at radius 3 is 2.48 bits per heavy atom. The number of benzene rings is 1. The molecule has 0 atom stereocenters. The van der Waals surface area contributed by atoms with Crippen LogP contribution in [0.25, 0.3) is 0 Å². The van der Waals surface area contributed by atoms with Crippen LogP contribution in [-0.2, 0) is 14.4 Å². The van der Waals surface area contributed by atoms with Crippen molar-refractivity contribution in [3.63, 3.8) is 0 Å². The third-order valence-corrected chi connectivity index (χ3v) is 3.28. The lowest BCUT2D eigenvalue weighted by Gasteiger charge is -2.18. The summed E-state index contributed by atoms with van der Waals surface area (Å²) in [6, 6.07) is 7.25. The highest BCUT2D eigenvalue weighted by atomic mass is 32.2. The van der Waals surface area contributed by atoms with Gasteiger partial charge in [0.25, 0.3) is 0 Å². The molecule has 0 aromatic heterocycles. The molecule has 1 aromatic rings. The van der Waals surface area contributed by atoms with E-state index in [2.05, 4.69) is 5.32 Å². The van der Waals surface area contributed by atoms with Gasteiger partial charge in [-0.15, -0.1) is 11.8 Å². The Hall–Kier alpha value is -2.06. The number of primary amides is 1. The maximum atomic E-state index is 11.9. The fraction of sp³-hybridized carbons (Fsp3) is 0.308. The van der Waals surface area contributed by atoms with Gasteiger partial charge in [-0.05, 0) is 18.4 Å². The van der Waals surface area contributed by atoms with E-state index in [4.69, 9.17) is 10.8 Å². The molecule has 0 heterocycles. The Labute approximate surface area is 126 Å². The van der Waals surface area contributed by atoms with Crippen molar-refractivity contribution < 1.29 is 19.5 Å². The number of aliphatic carboxylic acids is 1. The number of amides is 2. The minimum atomic E-state index is -1.13. The minimum Gasteiger partial charge on any atom is -0.480 e. The molecule has 7 nitrogen and oxygen atoms in total. The van der Waals surface area contributed by atoms with Crippen molar-refractivity contribution in [2.24, 2.45) is 5.73 Å². The number of para-hydroxylation sites is 1. The van der Waals surface area contributed by atoms with E-state index in [-0.39, 0.29) is 13.1 Å². The van der Waals surface area contributed by atoms with Gasteiger partial charge in [-0.1, -0.05) is 12.1 Å². The van der Waals surface area contributed by atoms with E-state index in [0.29, 0.717) is 5.69 Å². The number of hydrogen-bond acceptors (Lipinski definition) is 5. The largest absolute Gasteiger partial charge is 0.480 e. The summed E-state index contributed by atoms with van der Waals surface area (Å²) >= 11 is 1.48. The molecule has 0 unspecified atom stereocenters. The van der Waals surface area contributed by atoms with Crippen LogP contribution >= 0.6 is 11.8 Å². The van der Waals surface area contributed by atoms with E-state index < -0.39 is 24.3 Å². The van der Waals surface area contributed by atoms with Crippen LogP contribution in [0, 0.1) is 0 Å². The summed E-state index contributed by atoms with van der Waals surface area (Å²) < 4.78 is 0. The molecule has 0 bridgehead atoms. The first kappa shape index (κ1) is 17.0. The first-order valence-electron chi connectivity index (χ1n) is 6.07. The molecule has 0 saturated carbocycles. The number of carboxylic acid groups (broad SMARTS) is 1. The normalized spacial score (nSPS) is 10.4. The Bertz CT molecular complexity index is 520. The second-order valence-electron chi connectivity index (χ2n) is 4.25. The van der Waals surface area contributed by atoms with Crippen molar-refractivity contribution in [2.45, 2.75) is 4.90 Å². The number of carbonyl (C=O) groups is 3. The van der Waals surface area contributed by atoms with Crippen LogP contribution in [0.15, 0.2) is 29.2 Å². The summed E-state index contributed by atoms with van der Waals surface area (Å²) in [7, 11) is 0. The van der Waals surface area contributed by atoms with Crippen LogP contribution in [0.1, 0.15) is 0 Å². The lowest BCUT2D eigenvalue weighted by atomic mass is 10.3. The van der Waals surface area contributed by atoms with Crippen LogP contribution in [0.5, 0.6) is 0 Å². The van der Waals surface area contributed by atoms with E-state index >= 15 is 0 Å². The van der Waals surface area contributed by atoms with Crippen LogP contribution in [-0.4, -0.2) is 53.7 Å². The molecule has 4 N–H and O–H groups in total. The number of nitrogens with one attached hydrogen (secondary N) is 1. The molecule has 114 valence electrons. The summed E-state index contributed by atoms with van der Waals surface area (Å²) in [6.07, 6.45) is 1.88. The zero-order valence-corrected chi connectivity index (χ0v) is 12.4. The van der Waals surface area contributed by atoms with Crippen molar-refractivity contribution in [3.05, 3.63) is 24.3 Å². The summed E-state index contributed by atoms with van der Waals surface area (Å²) in [5.41, 5.74) is 5.68. The van der Waals surface area contributed by atoms with Crippen molar-refractivity contribution in [1.29, 1.82) is 0 Å². The number of rotatable bonds is 8. The zero-order chi connectivity index (χ0) is 15.8. The molecule has 0 radical (unpaired) electrons. The number of anilines is 1. The van der Waals surface area contributed by atoms with Crippen molar-refractivity contribution in [3.8, 4) is 0 Å². The topological polar surface area (TPSA) is 113 Å². The lowest BCUT2D eigenvalue weighted by molar-refractivity contribution is -0.138. The lowest BCUT2D eigenvalue weighted by Crippen LogP contribution is -2.41. The SMILES string of the molecule is CSc1ccccc1NC(=O)CN(CC(N)=O)CC(=O)O. The van der Waals surface area contributed by atoms with Crippen LogP contribution in [0.2, 0.25) is 0 Å². The predicted octanol–water partition coefficient (Wildman–Crippen LogP) is 0.219. The Kier molecular flexibility index (Phi) is 6.70. The molecular weight excluding hydrogens is 294 g/mol. The standard InChI is InChI=1S/C13H17N3O4S/c1-21-10-5-3-2-4-9(10)15-12(18)7-16(6-11(14)17)8-13(19)20/h2-5H,6-8H2,1H3,(H2,14,17)(H,15,18)(H,19,20). The van der Waals surface area contributed by atoms with Gasteiger partial charge in [-0.3, -0.25) is 19.3 Å². The van der Waals surface area contributed by atoms with Gasteiger partial charge >= 0.3 is 5.97 Å². The van der Waals surface area contributed by atoms with Gasteiger partial charge in [0.2, 0.25) is 11.8 Å². The highest BCUT2D eigenvalue weighted by molar-refractivity contribution is 7.98. The fourth-order valence-corrected chi connectivity index (χ4v) is 2.27. The van der Waals surface area contributed by atoms with E-state index in [0.717, 1.165) is 4.90 Å². The maximum absolute atomic E-state index is 11.9. The number of nitrogens with zero attached hydrogens (tertiary/aromatic N) is 1. The molecule has 8 heteroatoms. The third kappa shape index (κ3) is 6.28. The van der Waals surface area contributed by atoms with Gasteiger partial charge in [0.05, 0.1) is 25.3 Å². The minimum absolute atomic E-state index is 0.224. The Balaban J connectivity index is 2.68. The second kappa shape index (κ2) is 8.28. The predicted molar refractivity (Wildman–Crippen MR) is 80.1 cm³/mol. The van der Waals surface area contributed by atoms with E-state index in [1.165, 1.54) is 16.7 Å². The molecular formula is C13H17N3O4S. The van der Waals surface area contributed by atoms with Gasteiger partial charge < -0.3 is 16.2 Å². The summed E-state index contributed by atoms with van der Waals surface area (Å²) in [6.45, 7) is -0.942. The maximum Gasteiger partial charge on any atom is 0.317 e. The molecule has 0 fully saturated rings. The van der Waals surface area contributed by atoms with Crippen molar-refractivity contribution in [1.82, 2.24) is 4.90 Å².